The van der Waals surface area contributed by atoms with Crippen LogP contribution in [-0.4, -0.2) is 70.4 Å². The molecule has 1 unspecified atom stereocenters. The van der Waals surface area contributed by atoms with E-state index in [-0.39, 0.29) is 23.2 Å². The second kappa shape index (κ2) is 8.89. The molecule has 4 heterocycles. The molecule has 1 atom stereocenters. The minimum atomic E-state index is -3.59. The molecule has 0 saturated carbocycles. The summed E-state index contributed by atoms with van der Waals surface area (Å²) in [5, 5.41) is 15.2. The summed E-state index contributed by atoms with van der Waals surface area (Å²) >= 11 is 6.18. The highest BCUT2D eigenvalue weighted by Crippen LogP contribution is 2.35. The van der Waals surface area contributed by atoms with Crippen molar-refractivity contribution in [3.05, 3.63) is 52.3 Å². The molecule has 2 saturated heterocycles. The third-order valence-corrected chi connectivity index (χ3v) is 7.42. The third-order valence-electron chi connectivity index (χ3n) is 6.60. The van der Waals surface area contributed by atoms with Crippen LogP contribution in [0.15, 0.2) is 30.5 Å². The zero-order valence-electron chi connectivity index (χ0n) is 20.4. The van der Waals surface area contributed by atoms with Gasteiger partial charge >= 0.3 is 0 Å². The van der Waals surface area contributed by atoms with E-state index in [0.717, 1.165) is 42.6 Å². The number of hydrogen-bond donors (Lipinski definition) is 2. The Hall–Kier alpha value is -2.89. The summed E-state index contributed by atoms with van der Waals surface area (Å²) < 4.78 is 27.9. The van der Waals surface area contributed by atoms with Crippen molar-refractivity contribution in [1.29, 1.82) is 0 Å². The van der Waals surface area contributed by atoms with Crippen molar-refractivity contribution in [2.24, 2.45) is 0 Å². The van der Waals surface area contributed by atoms with Crippen molar-refractivity contribution in [3.63, 3.8) is 0 Å². The molecule has 0 bridgehead atoms. The van der Waals surface area contributed by atoms with Gasteiger partial charge in [-0.15, -0.1) is 0 Å². The number of sulfonamides is 1. The highest BCUT2D eigenvalue weighted by molar-refractivity contribution is 7.92. The lowest BCUT2D eigenvalue weighted by Crippen LogP contribution is -2.60. The standard InChI is InChI=1S/C24H29ClN6O4S/c1-15-12-31-21(26-22(15)29-13-24(2,33)14-29)11-19(27-31)20-6-4-5-9-30(20)23(32)17-10-16(25)7-8-18(17)28-36(3,34)35/h7-8,10-12,20,28,33H,4-6,9,13-14H2,1-3H3. The van der Waals surface area contributed by atoms with Gasteiger partial charge in [0.1, 0.15) is 5.82 Å². The number of amides is 1. The van der Waals surface area contributed by atoms with Gasteiger partial charge in [0.2, 0.25) is 10.0 Å². The lowest BCUT2D eigenvalue weighted by Gasteiger charge is -2.45. The van der Waals surface area contributed by atoms with Crippen LogP contribution in [0.1, 0.15) is 53.8 Å². The summed E-state index contributed by atoms with van der Waals surface area (Å²) in [5.41, 5.74) is 2.02. The summed E-state index contributed by atoms with van der Waals surface area (Å²) in [6.07, 6.45) is 5.45. The average Bonchev–Trinajstić information content (AvgIpc) is 3.19. The molecule has 2 aliphatic rings. The van der Waals surface area contributed by atoms with E-state index in [1.807, 2.05) is 24.1 Å². The topological polar surface area (TPSA) is 120 Å². The van der Waals surface area contributed by atoms with Crippen molar-refractivity contribution in [3.8, 4) is 0 Å². The number of nitrogens with one attached hydrogen (secondary N) is 1. The zero-order chi connectivity index (χ0) is 25.8. The number of aromatic nitrogens is 3. The molecule has 192 valence electrons. The molecule has 12 heteroatoms. The number of benzene rings is 1. The number of piperidine rings is 1. The molecule has 5 rings (SSSR count). The second-order valence-corrected chi connectivity index (χ2v) is 12.2. The number of fused-ring (bicyclic) bond motifs is 1. The summed E-state index contributed by atoms with van der Waals surface area (Å²) in [7, 11) is -3.59. The van der Waals surface area contributed by atoms with Crippen molar-refractivity contribution in [1.82, 2.24) is 19.5 Å². The lowest BCUT2D eigenvalue weighted by molar-refractivity contribution is 0.0304. The van der Waals surface area contributed by atoms with Crippen LogP contribution < -0.4 is 9.62 Å². The van der Waals surface area contributed by atoms with Crippen molar-refractivity contribution in [2.45, 2.75) is 44.8 Å². The molecular weight excluding hydrogens is 504 g/mol. The highest BCUT2D eigenvalue weighted by Gasteiger charge is 2.38. The maximum atomic E-state index is 13.7. The van der Waals surface area contributed by atoms with Crippen molar-refractivity contribution in [2.75, 3.05) is 35.5 Å². The number of carbonyl (C=O) groups excluding carboxylic acids is 1. The zero-order valence-corrected chi connectivity index (χ0v) is 22.0. The molecule has 3 aromatic rings. The Morgan fingerprint density at radius 2 is 2.00 bits per heavy atom. The van der Waals surface area contributed by atoms with Crippen LogP contribution in [0.5, 0.6) is 0 Å². The molecule has 2 aliphatic heterocycles. The van der Waals surface area contributed by atoms with E-state index >= 15 is 0 Å². The number of aryl methyl sites for hydroxylation is 1. The summed E-state index contributed by atoms with van der Waals surface area (Å²) in [4.78, 5) is 22.3. The van der Waals surface area contributed by atoms with Gasteiger partial charge in [-0.3, -0.25) is 9.52 Å². The van der Waals surface area contributed by atoms with E-state index in [1.54, 1.807) is 22.4 Å². The summed E-state index contributed by atoms with van der Waals surface area (Å²) in [6.45, 7) is 5.32. The molecule has 2 N–H and O–H groups in total. The molecule has 0 spiro atoms. The number of likely N-dealkylation sites (tertiary alicyclic amines) is 1. The van der Waals surface area contributed by atoms with Gasteiger partial charge in [0.15, 0.2) is 5.65 Å². The monoisotopic (exact) mass is 532 g/mol. The fraction of sp³-hybridized carbons (Fsp3) is 0.458. The van der Waals surface area contributed by atoms with E-state index < -0.39 is 15.6 Å². The first kappa shape index (κ1) is 24.8. The summed E-state index contributed by atoms with van der Waals surface area (Å²) in [5.74, 6) is 0.505. The van der Waals surface area contributed by atoms with E-state index in [4.69, 9.17) is 21.7 Å². The number of rotatable bonds is 5. The minimum Gasteiger partial charge on any atom is -0.386 e. The lowest BCUT2D eigenvalue weighted by atomic mass is 9.96. The SMILES string of the molecule is Cc1cn2nc(C3CCCCN3C(=O)c3cc(Cl)ccc3NS(C)(=O)=O)cc2nc1N1CC(C)(O)C1. The molecule has 2 aromatic heterocycles. The number of aliphatic hydroxyl groups is 1. The number of hydrogen-bond acceptors (Lipinski definition) is 7. The number of anilines is 2. The number of carbonyl (C=O) groups is 1. The van der Waals surface area contributed by atoms with E-state index in [1.165, 1.54) is 12.1 Å². The van der Waals surface area contributed by atoms with Gasteiger partial charge in [0.25, 0.3) is 5.91 Å². The van der Waals surface area contributed by atoms with Gasteiger partial charge < -0.3 is 14.9 Å². The van der Waals surface area contributed by atoms with Crippen LogP contribution in [0.4, 0.5) is 11.5 Å². The van der Waals surface area contributed by atoms with Gasteiger partial charge in [0, 0.05) is 42.5 Å². The maximum Gasteiger partial charge on any atom is 0.256 e. The van der Waals surface area contributed by atoms with Crippen LogP contribution >= 0.6 is 11.6 Å². The van der Waals surface area contributed by atoms with Gasteiger partial charge in [-0.2, -0.15) is 5.10 Å². The van der Waals surface area contributed by atoms with E-state index in [2.05, 4.69) is 4.72 Å². The quantitative estimate of drug-likeness (QED) is 0.518. The second-order valence-electron chi connectivity index (χ2n) is 10.0. The molecule has 1 amide bonds. The molecule has 0 radical (unpaired) electrons. The molecule has 10 nitrogen and oxygen atoms in total. The Labute approximate surface area is 214 Å². The van der Waals surface area contributed by atoms with Crippen LogP contribution in [0.25, 0.3) is 5.65 Å². The van der Waals surface area contributed by atoms with Crippen molar-refractivity contribution < 1.29 is 18.3 Å². The van der Waals surface area contributed by atoms with Gasteiger partial charge in [-0.05, 0) is 51.3 Å². The Morgan fingerprint density at radius 3 is 2.69 bits per heavy atom. The Kier molecular flexibility index (Phi) is 6.12. The van der Waals surface area contributed by atoms with Crippen LogP contribution in [-0.2, 0) is 10.0 Å². The van der Waals surface area contributed by atoms with E-state index in [9.17, 15) is 18.3 Å². The number of β-amino-alcohol motifs (C(OH)–C–C–N with tert-alkyl or cyclic N) is 1. The predicted molar refractivity (Wildman–Crippen MR) is 138 cm³/mol. The van der Waals surface area contributed by atoms with Gasteiger partial charge in [-0.1, -0.05) is 11.6 Å². The first-order valence-electron chi connectivity index (χ1n) is 11.8. The molecule has 2 fully saturated rings. The van der Waals surface area contributed by atoms with Crippen LogP contribution in [0, 0.1) is 6.92 Å². The smallest absolute Gasteiger partial charge is 0.256 e. The Bertz CT molecular complexity index is 1450. The average molecular weight is 533 g/mol. The molecular formula is C24H29ClN6O4S. The van der Waals surface area contributed by atoms with Crippen LogP contribution in [0.3, 0.4) is 0 Å². The fourth-order valence-electron chi connectivity index (χ4n) is 5.05. The van der Waals surface area contributed by atoms with Gasteiger partial charge in [-0.25, -0.2) is 17.9 Å². The van der Waals surface area contributed by atoms with Gasteiger partial charge in [0.05, 0.1) is 34.8 Å². The Balaban J connectivity index is 1.48. The summed E-state index contributed by atoms with van der Waals surface area (Å²) in [6, 6.07) is 6.15. The third kappa shape index (κ3) is 4.87. The largest absolute Gasteiger partial charge is 0.386 e. The van der Waals surface area contributed by atoms with Crippen LogP contribution in [0.2, 0.25) is 5.02 Å². The molecule has 0 aliphatic carbocycles. The molecule has 1 aromatic carbocycles. The first-order chi connectivity index (χ1) is 16.9. The normalized spacial score (nSPS) is 19.9. The fourth-order valence-corrected chi connectivity index (χ4v) is 5.80. The molecule has 36 heavy (non-hydrogen) atoms. The van der Waals surface area contributed by atoms with E-state index in [0.29, 0.717) is 30.3 Å². The minimum absolute atomic E-state index is 0.193. The maximum absolute atomic E-state index is 13.7. The number of halogens is 1. The highest BCUT2D eigenvalue weighted by atomic mass is 35.5. The Morgan fingerprint density at radius 1 is 1.25 bits per heavy atom. The number of nitrogens with zero attached hydrogens (tertiary/aromatic N) is 5. The predicted octanol–water partition coefficient (Wildman–Crippen LogP) is 3.00. The first-order valence-corrected chi connectivity index (χ1v) is 14.1. The van der Waals surface area contributed by atoms with Crippen molar-refractivity contribution >= 4 is 44.7 Å².